The van der Waals surface area contributed by atoms with Gasteiger partial charge in [0, 0.05) is 19.8 Å². The fourth-order valence-corrected chi connectivity index (χ4v) is 2.69. The van der Waals surface area contributed by atoms with E-state index in [1.165, 1.54) is 13.0 Å². The summed E-state index contributed by atoms with van der Waals surface area (Å²) < 4.78 is 15.6. The van der Waals surface area contributed by atoms with Crippen LogP contribution in [0.3, 0.4) is 0 Å². The minimum Gasteiger partial charge on any atom is -0.534 e. The van der Waals surface area contributed by atoms with Crippen molar-refractivity contribution in [3.05, 3.63) is 29.3 Å². The molecule has 0 saturated heterocycles. The van der Waals surface area contributed by atoms with Crippen molar-refractivity contribution in [2.24, 2.45) is 5.92 Å². The molecule has 0 aromatic heterocycles. The van der Waals surface area contributed by atoms with Gasteiger partial charge in [-0.05, 0) is 18.1 Å². The zero-order valence-corrected chi connectivity index (χ0v) is 16.5. The molecule has 2 unspecified atom stereocenters. The molecule has 1 aliphatic rings. The zero-order valence-electron chi connectivity index (χ0n) is 16.5. The Labute approximate surface area is 169 Å². The second kappa shape index (κ2) is 9.93. The summed E-state index contributed by atoms with van der Waals surface area (Å²) in [6, 6.07) is 6.67. The first-order chi connectivity index (χ1) is 13.7. The summed E-state index contributed by atoms with van der Waals surface area (Å²) >= 11 is 0. The van der Waals surface area contributed by atoms with Crippen LogP contribution in [0.2, 0.25) is 0 Å². The first-order valence-electron chi connectivity index (χ1n) is 9.27. The van der Waals surface area contributed by atoms with Crippen molar-refractivity contribution in [2.45, 2.75) is 52.3 Å². The maximum Gasteiger partial charge on any atom is 0.547 e. The van der Waals surface area contributed by atoms with Crippen LogP contribution in [0, 0.1) is 17.2 Å². The van der Waals surface area contributed by atoms with E-state index >= 15 is 0 Å². The number of nitriles is 1. The van der Waals surface area contributed by atoms with Crippen molar-refractivity contribution in [3.63, 3.8) is 0 Å². The van der Waals surface area contributed by atoms with Crippen LogP contribution >= 0.6 is 0 Å². The molecule has 10 heteroatoms. The summed E-state index contributed by atoms with van der Waals surface area (Å²) in [6.07, 6.45) is -0.768. The highest BCUT2D eigenvalue weighted by atomic mass is 16.7. The molecule has 1 aromatic carbocycles. The number of para-hydroxylation sites is 1. The van der Waals surface area contributed by atoms with Crippen LogP contribution in [0.5, 0.6) is 5.75 Å². The number of ether oxygens (including phenoxy) is 2. The van der Waals surface area contributed by atoms with Crippen LogP contribution in [0.15, 0.2) is 18.2 Å². The average molecular weight is 402 g/mol. The van der Waals surface area contributed by atoms with Gasteiger partial charge in [-0.25, -0.2) is 4.79 Å². The maximum absolute atomic E-state index is 12.5. The van der Waals surface area contributed by atoms with Crippen molar-refractivity contribution in [2.75, 3.05) is 0 Å². The van der Waals surface area contributed by atoms with Gasteiger partial charge in [0.1, 0.15) is 11.3 Å². The molecule has 9 nitrogen and oxygen atoms in total. The summed E-state index contributed by atoms with van der Waals surface area (Å²) in [5.41, 5.74) is 0.672. The highest BCUT2D eigenvalue weighted by Crippen LogP contribution is 2.31. The highest BCUT2D eigenvalue weighted by Gasteiger charge is 2.38. The lowest BCUT2D eigenvalue weighted by atomic mass is 9.72. The molecule has 0 saturated carbocycles. The standard InChI is InChI=1S/C19H23BN2O7/c1-11(2)18(24)27-12(3)28-19(25)14-7-4-6-13-10-15(20(26)29-17(13)14)22-16(23)8-5-9-21/h4,6-7,11-12,15,26H,5,8,10H2,1-3H3,(H,22,23). The van der Waals surface area contributed by atoms with Crippen molar-refractivity contribution < 1.29 is 33.5 Å². The number of fused-ring (bicyclic) bond motifs is 1. The number of rotatable bonds is 7. The SMILES string of the molecule is CC(OC(=O)c1cccc2c1OB(O)C(NC(=O)CCC#N)C2)OC(=O)C(C)C. The van der Waals surface area contributed by atoms with Gasteiger partial charge < -0.3 is 24.5 Å². The largest absolute Gasteiger partial charge is 0.547 e. The Morgan fingerprint density at radius 2 is 2.07 bits per heavy atom. The molecule has 2 rings (SSSR count). The Balaban J connectivity index is 2.08. The van der Waals surface area contributed by atoms with E-state index in [4.69, 9.17) is 19.4 Å². The lowest BCUT2D eigenvalue weighted by Crippen LogP contribution is -2.53. The maximum atomic E-state index is 12.5. The summed E-state index contributed by atoms with van der Waals surface area (Å²) in [4.78, 5) is 35.9. The normalized spacial score (nSPS) is 16.1. The third kappa shape index (κ3) is 5.96. The predicted octanol–water partition coefficient (Wildman–Crippen LogP) is 1.13. The number of nitrogens with one attached hydrogen (secondary N) is 1. The van der Waals surface area contributed by atoms with Gasteiger partial charge in [-0.2, -0.15) is 5.26 Å². The molecule has 0 aliphatic carbocycles. The van der Waals surface area contributed by atoms with Gasteiger partial charge >= 0.3 is 19.1 Å². The smallest absolute Gasteiger partial charge is 0.534 e. The van der Waals surface area contributed by atoms with Crippen LogP contribution in [0.25, 0.3) is 0 Å². The molecule has 1 heterocycles. The molecule has 154 valence electrons. The summed E-state index contributed by atoms with van der Waals surface area (Å²) in [7, 11) is -1.38. The third-order valence-corrected chi connectivity index (χ3v) is 4.18. The quantitative estimate of drug-likeness (QED) is 0.394. The molecular weight excluding hydrogens is 379 g/mol. The molecule has 0 fully saturated rings. The van der Waals surface area contributed by atoms with E-state index in [0.717, 1.165) is 0 Å². The van der Waals surface area contributed by atoms with E-state index in [9.17, 15) is 19.4 Å². The summed E-state index contributed by atoms with van der Waals surface area (Å²) in [5, 5.41) is 21.4. The third-order valence-electron chi connectivity index (χ3n) is 4.18. The Hall–Kier alpha value is -3.06. The molecule has 1 amide bonds. The minimum absolute atomic E-state index is 0.0198. The topological polar surface area (TPSA) is 135 Å². The molecule has 1 aliphatic heterocycles. The molecule has 29 heavy (non-hydrogen) atoms. The number of nitrogens with zero attached hydrogens (tertiary/aromatic N) is 1. The molecule has 2 N–H and O–H groups in total. The van der Waals surface area contributed by atoms with E-state index in [0.29, 0.717) is 5.56 Å². The van der Waals surface area contributed by atoms with Gasteiger partial charge in [0.25, 0.3) is 0 Å². The molecule has 0 spiro atoms. The molecule has 0 bridgehead atoms. The van der Waals surface area contributed by atoms with Gasteiger partial charge in [0.2, 0.25) is 12.2 Å². The van der Waals surface area contributed by atoms with Crippen LogP contribution in [-0.4, -0.2) is 42.2 Å². The number of esters is 2. The zero-order chi connectivity index (χ0) is 21.6. The fourth-order valence-electron chi connectivity index (χ4n) is 2.69. The predicted molar refractivity (Wildman–Crippen MR) is 101 cm³/mol. The summed E-state index contributed by atoms with van der Waals surface area (Å²) in [6.45, 7) is 4.75. The molecule has 1 aromatic rings. The first kappa shape index (κ1) is 22.2. The molecule has 2 atom stereocenters. The van der Waals surface area contributed by atoms with Gasteiger partial charge in [-0.1, -0.05) is 26.0 Å². The van der Waals surface area contributed by atoms with E-state index in [1.807, 2.05) is 6.07 Å². The Bertz CT molecular complexity index is 821. The Morgan fingerprint density at radius 1 is 1.34 bits per heavy atom. The number of carbonyl (C=O) groups excluding carboxylic acids is 3. The Kier molecular flexibility index (Phi) is 7.62. The highest BCUT2D eigenvalue weighted by molar-refractivity contribution is 6.47. The second-order valence-corrected chi connectivity index (χ2v) is 6.90. The van der Waals surface area contributed by atoms with Gasteiger partial charge in [0.05, 0.1) is 17.9 Å². The van der Waals surface area contributed by atoms with Gasteiger partial charge in [-0.3, -0.25) is 9.59 Å². The van der Waals surface area contributed by atoms with E-state index < -0.39 is 31.3 Å². The molecular formula is C19H23BN2O7. The van der Waals surface area contributed by atoms with Crippen LogP contribution in [0.1, 0.15) is 49.5 Å². The van der Waals surface area contributed by atoms with Gasteiger partial charge in [-0.15, -0.1) is 0 Å². The van der Waals surface area contributed by atoms with E-state index in [-0.39, 0.29) is 42.4 Å². The summed E-state index contributed by atoms with van der Waals surface area (Å²) in [5.74, 6) is -2.57. The number of hydrogen-bond donors (Lipinski definition) is 2. The van der Waals surface area contributed by atoms with E-state index in [1.54, 1.807) is 26.0 Å². The van der Waals surface area contributed by atoms with Crippen molar-refractivity contribution in [3.8, 4) is 11.8 Å². The monoisotopic (exact) mass is 402 g/mol. The number of benzene rings is 1. The van der Waals surface area contributed by atoms with Crippen molar-refractivity contribution in [1.82, 2.24) is 5.32 Å². The number of hydrogen-bond acceptors (Lipinski definition) is 8. The Morgan fingerprint density at radius 3 is 2.72 bits per heavy atom. The van der Waals surface area contributed by atoms with Crippen molar-refractivity contribution in [1.29, 1.82) is 5.26 Å². The lowest BCUT2D eigenvalue weighted by Gasteiger charge is -2.29. The second-order valence-electron chi connectivity index (χ2n) is 6.90. The average Bonchev–Trinajstić information content (AvgIpc) is 2.66. The van der Waals surface area contributed by atoms with Gasteiger partial charge in [0.15, 0.2) is 0 Å². The van der Waals surface area contributed by atoms with Crippen molar-refractivity contribution >= 4 is 25.0 Å². The molecule has 0 radical (unpaired) electrons. The fraction of sp³-hybridized carbons (Fsp3) is 0.474. The lowest BCUT2D eigenvalue weighted by molar-refractivity contribution is -0.169. The van der Waals surface area contributed by atoms with Crippen LogP contribution in [-0.2, 0) is 25.5 Å². The van der Waals surface area contributed by atoms with E-state index in [2.05, 4.69) is 5.32 Å². The minimum atomic E-state index is -1.38. The van der Waals surface area contributed by atoms with Crippen LogP contribution in [0.4, 0.5) is 0 Å². The number of amides is 1. The number of carbonyl (C=O) groups is 3. The first-order valence-corrected chi connectivity index (χ1v) is 9.27. The van der Waals surface area contributed by atoms with Crippen LogP contribution < -0.4 is 9.97 Å².